The van der Waals surface area contributed by atoms with Crippen LogP contribution in [-0.4, -0.2) is 23.4 Å². The molecule has 1 aliphatic heterocycles. The Hall–Kier alpha value is -2.09. The van der Waals surface area contributed by atoms with Gasteiger partial charge in [-0.1, -0.05) is 0 Å². The van der Waals surface area contributed by atoms with E-state index in [1.165, 1.54) is 0 Å². The average Bonchev–Trinajstić information content (AvgIpc) is 2.33. The van der Waals surface area contributed by atoms with Crippen molar-refractivity contribution in [2.75, 3.05) is 11.4 Å². The summed E-state index contributed by atoms with van der Waals surface area (Å²) in [6.07, 6.45) is 1.03. The number of nitro benzene ring substituents is 1. The fourth-order valence-electron chi connectivity index (χ4n) is 2.02. The molecule has 1 unspecified atom stereocenters. The van der Waals surface area contributed by atoms with Gasteiger partial charge in [-0.05, 0) is 12.8 Å². The largest absolute Gasteiger partial charge is 0.320 e. The third-order valence-corrected chi connectivity index (χ3v) is 2.98. The molecule has 1 aliphatic rings. The fourth-order valence-corrected chi connectivity index (χ4v) is 2.02. The zero-order chi connectivity index (χ0) is 14.2. The summed E-state index contributed by atoms with van der Waals surface area (Å²) in [5, 5.41) is 10.6. The Bertz CT molecular complexity index is 550. The highest BCUT2D eigenvalue weighted by Crippen LogP contribution is 2.30. The lowest BCUT2D eigenvalue weighted by atomic mass is 10.0. The molecule has 1 fully saturated rings. The normalized spacial score (nSPS) is 19.6. The molecule has 6 nitrogen and oxygen atoms in total. The summed E-state index contributed by atoms with van der Waals surface area (Å²) in [7, 11) is 0. The first-order chi connectivity index (χ1) is 8.91. The van der Waals surface area contributed by atoms with Crippen LogP contribution in [0.5, 0.6) is 0 Å². The number of rotatable bonds is 2. The molecule has 2 rings (SSSR count). The average molecular weight is 271 g/mol. The number of carbonyl (C=O) groups excluding carboxylic acids is 1. The van der Waals surface area contributed by atoms with Crippen LogP contribution in [0.1, 0.15) is 12.8 Å². The Kier molecular flexibility index (Phi) is 3.43. The van der Waals surface area contributed by atoms with E-state index < -0.39 is 34.2 Å². The minimum Gasteiger partial charge on any atom is -0.320 e. The van der Waals surface area contributed by atoms with Gasteiger partial charge in [0.15, 0.2) is 0 Å². The van der Waals surface area contributed by atoms with E-state index in [2.05, 4.69) is 0 Å². The van der Waals surface area contributed by atoms with Crippen LogP contribution in [0, 0.1) is 21.7 Å². The van der Waals surface area contributed by atoms with Crippen LogP contribution in [0.2, 0.25) is 0 Å². The molecule has 0 aromatic heterocycles. The molecule has 0 aliphatic carbocycles. The van der Waals surface area contributed by atoms with Crippen molar-refractivity contribution in [3.05, 3.63) is 33.9 Å². The van der Waals surface area contributed by atoms with Gasteiger partial charge >= 0.3 is 5.69 Å². The molecule has 2 N–H and O–H groups in total. The summed E-state index contributed by atoms with van der Waals surface area (Å²) in [5.74, 6) is -2.82. The maximum atomic E-state index is 13.7. The predicted octanol–water partition coefficient (Wildman–Crippen LogP) is 1.33. The molecule has 1 saturated heterocycles. The van der Waals surface area contributed by atoms with Gasteiger partial charge in [-0.15, -0.1) is 0 Å². The number of amides is 1. The van der Waals surface area contributed by atoms with Crippen LogP contribution in [0.25, 0.3) is 0 Å². The number of anilines is 1. The van der Waals surface area contributed by atoms with Crippen molar-refractivity contribution in [2.45, 2.75) is 18.9 Å². The molecule has 0 radical (unpaired) electrons. The quantitative estimate of drug-likeness (QED) is 0.649. The standard InChI is InChI=1S/C11H11F2N3O3/c12-6-4-7(13)10(16(18)19)5-9(6)15-3-1-2-8(14)11(15)17/h4-5,8H,1-3,14H2. The van der Waals surface area contributed by atoms with Gasteiger partial charge in [-0.2, -0.15) is 4.39 Å². The molecule has 0 spiro atoms. The number of piperidine rings is 1. The second-order valence-corrected chi connectivity index (χ2v) is 4.25. The first-order valence-electron chi connectivity index (χ1n) is 5.62. The van der Waals surface area contributed by atoms with E-state index in [1.54, 1.807) is 0 Å². The van der Waals surface area contributed by atoms with Crippen molar-refractivity contribution in [1.29, 1.82) is 0 Å². The van der Waals surface area contributed by atoms with Crippen LogP contribution >= 0.6 is 0 Å². The second kappa shape index (κ2) is 4.88. The highest BCUT2D eigenvalue weighted by Gasteiger charge is 2.30. The Morgan fingerprint density at radius 3 is 2.68 bits per heavy atom. The number of hydrogen-bond donors (Lipinski definition) is 1. The monoisotopic (exact) mass is 271 g/mol. The Balaban J connectivity index is 2.47. The number of carbonyl (C=O) groups is 1. The highest BCUT2D eigenvalue weighted by atomic mass is 19.1. The molecule has 0 saturated carbocycles. The topological polar surface area (TPSA) is 89.5 Å². The molecule has 1 heterocycles. The lowest BCUT2D eigenvalue weighted by molar-refractivity contribution is -0.387. The minimum absolute atomic E-state index is 0.201. The molecular weight excluding hydrogens is 260 g/mol. The van der Waals surface area contributed by atoms with Gasteiger partial charge in [-0.3, -0.25) is 14.9 Å². The van der Waals surface area contributed by atoms with Crippen molar-refractivity contribution in [2.24, 2.45) is 5.73 Å². The number of halogens is 2. The van der Waals surface area contributed by atoms with Crippen LogP contribution < -0.4 is 10.6 Å². The molecule has 19 heavy (non-hydrogen) atoms. The van der Waals surface area contributed by atoms with Crippen molar-refractivity contribution in [3.8, 4) is 0 Å². The molecular formula is C11H11F2N3O3. The zero-order valence-electron chi connectivity index (χ0n) is 9.81. The van der Waals surface area contributed by atoms with Crippen molar-refractivity contribution in [1.82, 2.24) is 0 Å². The summed E-state index contributed by atoms with van der Waals surface area (Å²) in [4.78, 5) is 22.5. The fraction of sp³-hybridized carbons (Fsp3) is 0.364. The van der Waals surface area contributed by atoms with E-state index in [0.717, 1.165) is 11.0 Å². The molecule has 1 aromatic rings. The van der Waals surface area contributed by atoms with Crippen molar-refractivity contribution >= 4 is 17.3 Å². The van der Waals surface area contributed by atoms with Gasteiger partial charge in [0.1, 0.15) is 5.82 Å². The smallest absolute Gasteiger partial charge is 0.307 e. The van der Waals surface area contributed by atoms with Gasteiger partial charge in [-0.25, -0.2) is 4.39 Å². The number of hydrogen-bond acceptors (Lipinski definition) is 4. The summed E-state index contributed by atoms with van der Waals surface area (Å²) in [5.41, 5.74) is 4.38. The Labute approximate surface area is 106 Å². The van der Waals surface area contributed by atoms with Gasteiger partial charge < -0.3 is 10.6 Å². The summed E-state index contributed by atoms with van der Waals surface area (Å²) in [6.45, 7) is 0.201. The van der Waals surface area contributed by atoms with E-state index in [0.29, 0.717) is 18.9 Å². The van der Waals surface area contributed by atoms with Gasteiger partial charge in [0, 0.05) is 18.7 Å². The second-order valence-electron chi connectivity index (χ2n) is 4.25. The number of benzene rings is 1. The van der Waals surface area contributed by atoms with Crippen molar-refractivity contribution < 1.29 is 18.5 Å². The van der Waals surface area contributed by atoms with Gasteiger partial charge in [0.2, 0.25) is 11.7 Å². The third kappa shape index (κ3) is 2.39. The van der Waals surface area contributed by atoms with Crippen LogP contribution in [-0.2, 0) is 4.79 Å². The molecule has 1 amide bonds. The number of nitro groups is 1. The van der Waals surface area contributed by atoms with Crippen LogP contribution in [0.15, 0.2) is 12.1 Å². The Morgan fingerprint density at radius 2 is 2.05 bits per heavy atom. The lowest BCUT2D eigenvalue weighted by Gasteiger charge is -2.30. The Morgan fingerprint density at radius 1 is 1.37 bits per heavy atom. The zero-order valence-corrected chi connectivity index (χ0v) is 9.81. The molecule has 1 aromatic carbocycles. The summed E-state index contributed by atoms with van der Waals surface area (Å²) >= 11 is 0. The van der Waals surface area contributed by atoms with E-state index in [9.17, 15) is 23.7 Å². The van der Waals surface area contributed by atoms with E-state index in [4.69, 9.17) is 5.73 Å². The van der Waals surface area contributed by atoms with E-state index in [1.807, 2.05) is 0 Å². The molecule has 8 heteroatoms. The van der Waals surface area contributed by atoms with Crippen molar-refractivity contribution in [3.63, 3.8) is 0 Å². The number of nitrogens with two attached hydrogens (primary N) is 1. The van der Waals surface area contributed by atoms with E-state index in [-0.39, 0.29) is 12.2 Å². The minimum atomic E-state index is -1.28. The maximum absolute atomic E-state index is 13.7. The SMILES string of the molecule is NC1CCCN(c2cc([N+](=O)[O-])c(F)cc2F)C1=O. The number of nitrogens with zero attached hydrogens (tertiary/aromatic N) is 2. The van der Waals surface area contributed by atoms with Gasteiger partial charge in [0.25, 0.3) is 0 Å². The van der Waals surface area contributed by atoms with Crippen LogP contribution in [0.4, 0.5) is 20.2 Å². The van der Waals surface area contributed by atoms with E-state index >= 15 is 0 Å². The highest BCUT2D eigenvalue weighted by molar-refractivity contribution is 5.98. The third-order valence-electron chi connectivity index (χ3n) is 2.98. The van der Waals surface area contributed by atoms with Crippen LogP contribution in [0.3, 0.4) is 0 Å². The summed E-state index contributed by atoms with van der Waals surface area (Å²) in [6, 6.07) is 0.360. The molecule has 1 atom stereocenters. The summed E-state index contributed by atoms with van der Waals surface area (Å²) < 4.78 is 26.9. The maximum Gasteiger partial charge on any atom is 0.307 e. The van der Waals surface area contributed by atoms with Gasteiger partial charge in [0.05, 0.1) is 16.7 Å². The first-order valence-corrected chi connectivity index (χ1v) is 5.62. The predicted molar refractivity (Wildman–Crippen MR) is 62.6 cm³/mol. The molecule has 0 bridgehead atoms. The first kappa shape index (κ1) is 13.3. The lowest BCUT2D eigenvalue weighted by Crippen LogP contribution is -2.48. The molecule has 102 valence electrons.